The maximum atomic E-state index is 12.5. The molecule has 0 aromatic carbocycles. The molecule has 0 aliphatic carbocycles. The molecular weight excluding hydrogens is 390 g/mol. The molecule has 4 rings (SSSR count). The Balaban J connectivity index is 1.30. The minimum Gasteiger partial charge on any atom is -0.370 e. The van der Waals surface area contributed by atoms with Gasteiger partial charge in [-0.25, -0.2) is 4.98 Å². The van der Waals surface area contributed by atoms with Crippen molar-refractivity contribution in [1.82, 2.24) is 19.2 Å². The molecule has 0 atom stereocenters. The molecule has 1 fully saturated rings. The Bertz CT molecular complexity index is 1070. The number of fused-ring (bicyclic) bond motifs is 1. The van der Waals surface area contributed by atoms with E-state index in [1.807, 2.05) is 23.6 Å². The predicted octanol–water partition coefficient (Wildman–Crippen LogP) is 1.08. The zero-order valence-corrected chi connectivity index (χ0v) is 16.6. The van der Waals surface area contributed by atoms with E-state index in [-0.39, 0.29) is 29.6 Å². The first-order valence-corrected chi connectivity index (χ1v) is 10.3. The van der Waals surface area contributed by atoms with Crippen LogP contribution in [0.3, 0.4) is 0 Å². The van der Waals surface area contributed by atoms with Crippen molar-refractivity contribution in [3.05, 3.63) is 63.3 Å². The maximum Gasteiger partial charge on any atom is 0.281 e. The molecule has 0 bridgehead atoms. The summed E-state index contributed by atoms with van der Waals surface area (Å²) in [5.74, 6) is -0.0131. The number of nitrogens with zero attached hydrogens (tertiary/aromatic N) is 4. The molecule has 8 nitrogen and oxygen atoms in total. The van der Waals surface area contributed by atoms with E-state index in [4.69, 9.17) is 0 Å². The first kappa shape index (κ1) is 19.1. The van der Waals surface area contributed by atoms with Gasteiger partial charge in [0.1, 0.15) is 11.3 Å². The fourth-order valence-electron chi connectivity index (χ4n) is 3.31. The normalized spacial score (nSPS) is 14.2. The molecule has 0 unspecified atom stereocenters. The van der Waals surface area contributed by atoms with Crippen molar-refractivity contribution >= 4 is 34.5 Å². The van der Waals surface area contributed by atoms with E-state index in [9.17, 15) is 14.4 Å². The van der Waals surface area contributed by atoms with Gasteiger partial charge in [0.2, 0.25) is 11.8 Å². The smallest absolute Gasteiger partial charge is 0.281 e. The summed E-state index contributed by atoms with van der Waals surface area (Å²) in [4.78, 5) is 46.1. The summed E-state index contributed by atoms with van der Waals surface area (Å²) < 4.78 is 1.44. The molecule has 4 heterocycles. The van der Waals surface area contributed by atoms with Gasteiger partial charge >= 0.3 is 0 Å². The summed E-state index contributed by atoms with van der Waals surface area (Å²) >= 11 is 1.57. The zero-order valence-electron chi connectivity index (χ0n) is 15.8. The van der Waals surface area contributed by atoms with Crippen molar-refractivity contribution in [3.63, 3.8) is 0 Å². The van der Waals surface area contributed by atoms with Gasteiger partial charge < -0.3 is 15.1 Å². The van der Waals surface area contributed by atoms with Crippen LogP contribution in [0.1, 0.15) is 4.88 Å². The van der Waals surface area contributed by atoms with Gasteiger partial charge in [-0.15, -0.1) is 11.3 Å². The van der Waals surface area contributed by atoms with Crippen LogP contribution in [0.5, 0.6) is 0 Å². The molecule has 0 saturated carbocycles. The summed E-state index contributed by atoms with van der Waals surface area (Å²) in [6.45, 7) is 2.04. The zero-order chi connectivity index (χ0) is 20.2. The molecule has 1 N–H and O–H groups in total. The summed E-state index contributed by atoms with van der Waals surface area (Å²) in [6.07, 6.45) is 3.50. The lowest BCUT2D eigenvalue weighted by Gasteiger charge is -2.34. The first-order valence-electron chi connectivity index (χ1n) is 9.40. The van der Waals surface area contributed by atoms with Crippen molar-refractivity contribution in [2.45, 2.75) is 6.42 Å². The monoisotopic (exact) mass is 411 g/mol. The van der Waals surface area contributed by atoms with E-state index in [0.29, 0.717) is 38.2 Å². The number of hydrogen-bond acceptors (Lipinski definition) is 6. The molecule has 9 heteroatoms. The van der Waals surface area contributed by atoms with Crippen molar-refractivity contribution in [1.29, 1.82) is 0 Å². The molecule has 0 spiro atoms. The van der Waals surface area contributed by atoms with Gasteiger partial charge in [-0.1, -0.05) is 12.1 Å². The van der Waals surface area contributed by atoms with Crippen molar-refractivity contribution in [3.8, 4) is 0 Å². The Kier molecular flexibility index (Phi) is 5.57. The fraction of sp³-hybridized carbons (Fsp3) is 0.300. The fourth-order valence-corrected chi connectivity index (χ4v) is 4.01. The molecule has 1 saturated heterocycles. The average Bonchev–Trinajstić information content (AvgIpc) is 3.26. The number of aromatic nitrogens is 2. The predicted molar refractivity (Wildman–Crippen MR) is 111 cm³/mol. The third kappa shape index (κ3) is 4.29. The van der Waals surface area contributed by atoms with Gasteiger partial charge in [-0.05, 0) is 23.6 Å². The maximum absolute atomic E-state index is 12.5. The molecule has 29 heavy (non-hydrogen) atoms. The number of hydrogen-bond donors (Lipinski definition) is 1. The van der Waals surface area contributed by atoms with E-state index >= 15 is 0 Å². The Hall–Kier alpha value is -3.20. The molecule has 1 aliphatic heterocycles. The number of nitrogens with one attached hydrogen (secondary N) is 1. The number of amides is 2. The Labute approximate surface area is 171 Å². The lowest BCUT2D eigenvalue weighted by molar-refractivity contribution is -0.138. The van der Waals surface area contributed by atoms with E-state index in [1.54, 1.807) is 39.5 Å². The topological polar surface area (TPSA) is 87.0 Å². The number of rotatable bonds is 5. The summed E-state index contributed by atoms with van der Waals surface area (Å²) in [7, 11) is 0. The number of carbonyl (C=O) groups is 2. The lowest BCUT2D eigenvalue weighted by atomic mass is 10.2. The minimum atomic E-state index is -0.243. The molecular formula is C20H21N5O3S. The third-order valence-electron chi connectivity index (χ3n) is 4.93. The van der Waals surface area contributed by atoms with Crippen LogP contribution in [0.25, 0.3) is 5.65 Å². The molecule has 0 radical (unpaired) electrons. The largest absolute Gasteiger partial charge is 0.370 e. The van der Waals surface area contributed by atoms with Crippen LogP contribution >= 0.6 is 11.3 Å². The number of piperazine rings is 1. The van der Waals surface area contributed by atoms with E-state index in [1.165, 1.54) is 10.6 Å². The van der Waals surface area contributed by atoms with Gasteiger partial charge in [0, 0.05) is 37.3 Å². The van der Waals surface area contributed by atoms with Crippen LogP contribution in [0.2, 0.25) is 0 Å². The Morgan fingerprint density at radius 1 is 1.03 bits per heavy atom. The van der Waals surface area contributed by atoms with Gasteiger partial charge in [-0.2, -0.15) is 0 Å². The Morgan fingerprint density at radius 3 is 2.52 bits per heavy atom. The highest BCUT2D eigenvalue weighted by molar-refractivity contribution is 7.10. The second-order valence-corrected chi connectivity index (χ2v) is 7.81. The van der Waals surface area contributed by atoms with Crippen LogP contribution in [-0.4, -0.2) is 63.7 Å². The first-order chi connectivity index (χ1) is 14.1. The molecule has 1 aliphatic rings. The molecule has 3 aromatic heterocycles. The van der Waals surface area contributed by atoms with Crippen LogP contribution < -0.4 is 10.9 Å². The van der Waals surface area contributed by atoms with Crippen LogP contribution in [0.15, 0.2) is 52.9 Å². The number of pyridine rings is 1. The number of thiophene rings is 1. The van der Waals surface area contributed by atoms with Gasteiger partial charge in [0.05, 0.1) is 19.2 Å². The van der Waals surface area contributed by atoms with Crippen LogP contribution in [-0.2, 0) is 16.0 Å². The third-order valence-corrected chi connectivity index (χ3v) is 5.81. The van der Waals surface area contributed by atoms with Crippen LogP contribution in [0.4, 0.5) is 5.69 Å². The Morgan fingerprint density at radius 2 is 1.79 bits per heavy atom. The van der Waals surface area contributed by atoms with Gasteiger partial charge in [0.15, 0.2) is 0 Å². The summed E-state index contributed by atoms with van der Waals surface area (Å²) in [5.41, 5.74) is 0.594. The highest BCUT2D eigenvalue weighted by atomic mass is 32.1. The quantitative estimate of drug-likeness (QED) is 0.679. The standard InChI is InChI=1S/C20H21N5O3S/c26-18(12-15-4-3-11-29-15)23-7-9-24(10-8-23)19(27)14-21-16-13-22-17-5-1-2-6-25(17)20(16)28/h1-6,11,13,21H,7-10,12,14H2. The summed E-state index contributed by atoms with van der Waals surface area (Å²) in [6, 6.07) is 9.20. The molecule has 3 aromatic rings. The average molecular weight is 411 g/mol. The second kappa shape index (κ2) is 8.44. The van der Waals surface area contributed by atoms with Crippen molar-refractivity contribution in [2.75, 3.05) is 38.0 Å². The minimum absolute atomic E-state index is 0.0129. The van der Waals surface area contributed by atoms with Crippen molar-refractivity contribution < 1.29 is 9.59 Å². The molecule has 2 amide bonds. The number of carbonyl (C=O) groups excluding carboxylic acids is 2. The molecule has 150 valence electrons. The summed E-state index contributed by atoms with van der Waals surface area (Å²) in [5, 5.41) is 4.86. The van der Waals surface area contributed by atoms with E-state index < -0.39 is 0 Å². The second-order valence-electron chi connectivity index (χ2n) is 6.78. The highest BCUT2D eigenvalue weighted by Crippen LogP contribution is 2.12. The van der Waals surface area contributed by atoms with Gasteiger partial charge in [-0.3, -0.25) is 18.8 Å². The van der Waals surface area contributed by atoms with E-state index in [0.717, 1.165) is 4.88 Å². The van der Waals surface area contributed by atoms with E-state index in [2.05, 4.69) is 10.3 Å². The SMILES string of the molecule is O=C(CNc1cnc2ccccn2c1=O)N1CCN(C(=O)Cc2cccs2)CC1. The lowest BCUT2D eigenvalue weighted by Crippen LogP contribution is -2.52. The van der Waals surface area contributed by atoms with Crippen LogP contribution in [0, 0.1) is 0 Å². The van der Waals surface area contributed by atoms with Gasteiger partial charge in [0.25, 0.3) is 5.56 Å². The van der Waals surface area contributed by atoms with Crippen molar-refractivity contribution in [2.24, 2.45) is 0 Å². The highest BCUT2D eigenvalue weighted by Gasteiger charge is 2.24. The number of anilines is 1.